The zero-order valence-corrected chi connectivity index (χ0v) is 17.3. The number of fused-ring (bicyclic) bond motifs is 2. The maximum atomic E-state index is 15.3. The molecule has 1 aliphatic heterocycles. The second-order valence-corrected chi connectivity index (χ2v) is 8.70. The highest BCUT2D eigenvalue weighted by Crippen LogP contribution is 2.61. The van der Waals surface area contributed by atoms with Crippen molar-refractivity contribution >= 4 is 29.0 Å². The molecule has 4 rings (SSSR count). The van der Waals surface area contributed by atoms with Crippen LogP contribution in [0.3, 0.4) is 0 Å². The molecule has 0 saturated heterocycles. The lowest BCUT2D eigenvalue weighted by atomic mass is 9.56. The number of hydrogen-bond acceptors (Lipinski definition) is 5. The number of amides is 1. The highest BCUT2D eigenvalue weighted by Gasteiger charge is 2.69. The zero-order chi connectivity index (χ0) is 22.9. The minimum absolute atomic E-state index is 0.0196. The molecule has 6 nitrogen and oxygen atoms in total. The van der Waals surface area contributed by atoms with Crippen molar-refractivity contribution in [1.29, 1.82) is 0 Å². The molecule has 0 unspecified atom stereocenters. The third kappa shape index (κ3) is 3.03. The molecular formula is C20H19ClF4N4O2. The molecule has 1 aromatic heterocycles. The Balaban J connectivity index is 1.82. The Morgan fingerprint density at radius 2 is 1.94 bits per heavy atom. The van der Waals surface area contributed by atoms with Crippen LogP contribution in [0, 0.1) is 5.82 Å². The molecule has 2 aliphatic rings. The fourth-order valence-corrected chi connectivity index (χ4v) is 4.89. The molecule has 31 heavy (non-hydrogen) atoms. The van der Waals surface area contributed by atoms with Gasteiger partial charge in [-0.05, 0) is 25.0 Å². The van der Waals surface area contributed by atoms with Crippen LogP contribution in [-0.2, 0) is 5.41 Å². The average Bonchev–Trinajstić information content (AvgIpc) is 3.01. The number of aliphatic hydroxyl groups is 1. The highest BCUT2D eigenvalue weighted by molar-refractivity contribution is 6.34. The zero-order valence-electron chi connectivity index (χ0n) is 16.6. The number of nitrogens with one attached hydrogen (secondary N) is 1. The lowest BCUT2D eigenvalue weighted by Gasteiger charge is -2.51. The van der Waals surface area contributed by atoms with E-state index in [0.717, 1.165) is 0 Å². The monoisotopic (exact) mass is 458 g/mol. The Labute approximate surface area is 180 Å². The first-order valence-electron chi connectivity index (χ1n) is 9.33. The Morgan fingerprint density at radius 3 is 2.52 bits per heavy atom. The summed E-state index contributed by atoms with van der Waals surface area (Å²) in [6, 6.07) is 2.70. The number of hydrogen-bond donors (Lipinski definition) is 3. The van der Waals surface area contributed by atoms with Gasteiger partial charge in [0, 0.05) is 54.6 Å². The van der Waals surface area contributed by atoms with Crippen LogP contribution in [0.5, 0.6) is 0 Å². The summed E-state index contributed by atoms with van der Waals surface area (Å²) < 4.78 is 54.9. The van der Waals surface area contributed by atoms with Crippen LogP contribution < -0.4 is 11.1 Å². The first-order chi connectivity index (χ1) is 14.3. The number of carbonyl (C=O) groups excluding carboxylic acids is 1. The normalized spacial score (nSPS) is 24.5. The molecule has 1 aromatic carbocycles. The predicted molar refractivity (Wildman–Crippen MR) is 107 cm³/mol. The third-order valence-electron chi connectivity index (χ3n) is 6.01. The third-order valence-corrected chi connectivity index (χ3v) is 6.41. The van der Waals surface area contributed by atoms with Gasteiger partial charge in [0.1, 0.15) is 11.6 Å². The Hall–Kier alpha value is -2.59. The van der Waals surface area contributed by atoms with Crippen LogP contribution in [0.4, 0.5) is 29.1 Å². The van der Waals surface area contributed by atoms with Crippen LogP contribution in [-0.4, -0.2) is 53.3 Å². The van der Waals surface area contributed by atoms with Gasteiger partial charge in [-0.2, -0.15) is 13.2 Å². The number of aromatic nitrogens is 1. The summed E-state index contributed by atoms with van der Waals surface area (Å²) in [6.07, 6.45) is -4.64. The highest BCUT2D eigenvalue weighted by atomic mass is 35.5. The number of halogens is 5. The smallest absolute Gasteiger partial charge is 0.398 e. The molecular weight excluding hydrogens is 440 g/mol. The van der Waals surface area contributed by atoms with Gasteiger partial charge in [0.2, 0.25) is 0 Å². The number of rotatable bonds is 2. The molecule has 0 bridgehead atoms. The van der Waals surface area contributed by atoms with E-state index in [1.54, 1.807) is 0 Å². The molecule has 1 amide bonds. The van der Waals surface area contributed by atoms with Crippen LogP contribution in [0.25, 0.3) is 11.1 Å². The molecule has 1 spiro atoms. The lowest BCUT2D eigenvalue weighted by molar-refractivity contribution is -0.302. The van der Waals surface area contributed by atoms with Gasteiger partial charge in [-0.1, -0.05) is 11.6 Å². The van der Waals surface area contributed by atoms with Crippen LogP contribution in [0.1, 0.15) is 28.8 Å². The fourth-order valence-electron chi connectivity index (χ4n) is 4.45. The van der Waals surface area contributed by atoms with E-state index < -0.39 is 41.8 Å². The van der Waals surface area contributed by atoms with Gasteiger partial charge in [-0.25, -0.2) is 9.37 Å². The largest absolute Gasteiger partial charge is 0.417 e. The topological polar surface area (TPSA) is 91.5 Å². The molecule has 2 aromatic rings. The van der Waals surface area contributed by atoms with Crippen molar-refractivity contribution in [3.05, 3.63) is 40.3 Å². The summed E-state index contributed by atoms with van der Waals surface area (Å²) in [6.45, 7) is 0.117. The lowest BCUT2D eigenvalue weighted by Crippen LogP contribution is -2.63. The van der Waals surface area contributed by atoms with E-state index in [1.807, 2.05) is 0 Å². The number of pyridine rings is 1. The summed E-state index contributed by atoms with van der Waals surface area (Å²) in [5.41, 5.74) is 1.90. The first kappa shape index (κ1) is 21.6. The molecule has 4 N–H and O–H groups in total. The molecule has 1 aliphatic carbocycles. The van der Waals surface area contributed by atoms with Gasteiger partial charge >= 0.3 is 6.18 Å². The van der Waals surface area contributed by atoms with Crippen molar-refractivity contribution in [2.45, 2.75) is 30.0 Å². The van der Waals surface area contributed by atoms with Crippen molar-refractivity contribution in [1.82, 2.24) is 9.88 Å². The number of nitrogens with two attached hydrogens (primary N) is 1. The number of nitrogen functional groups attached to an aromatic ring is 1. The Bertz CT molecular complexity index is 1100. The maximum Gasteiger partial charge on any atom is 0.417 e. The van der Waals surface area contributed by atoms with Crippen molar-refractivity contribution in [3.8, 4) is 11.1 Å². The van der Waals surface area contributed by atoms with Crippen molar-refractivity contribution in [2.75, 3.05) is 31.7 Å². The second-order valence-electron chi connectivity index (χ2n) is 8.32. The van der Waals surface area contributed by atoms with Crippen LogP contribution in [0.15, 0.2) is 18.3 Å². The standard InChI is InChI=1S/C20H19ClF4N4O2/c1-29(2)17(30)12-11(26)4-3-9(15(12)22)10-5-27-16-13(14(10)21)18(8-28-16)6-19(31,7-18)20(23,24)25/h3-5,31H,6-8,26H2,1-2H3,(H,27,28). The van der Waals surface area contributed by atoms with Crippen molar-refractivity contribution in [3.63, 3.8) is 0 Å². The molecule has 1 saturated carbocycles. The van der Waals surface area contributed by atoms with Gasteiger partial charge in [0.25, 0.3) is 5.91 Å². The van der Waals surface area contributed by atoms with Gasteiger partial charge in [0.05, 0.1) is 10.6 Å². The number of benzene rings is 1. The van der Waals surface area contributed by atoms with Crippen LogP contribution in [0.2, 0.25) is 5.02 Å². The van der Waals surface area contributed by atoms with Crippen LogP contribution >= 0.6 is 11.6 Å². The Kier molecular flexibility index (Phi) is 4.68. The summed E-state index contributed by atoms with van der Waals surface area (Å²) in [5, 5.41) is 12.9. The van der Waals surface area contributed by atoms with E-state index in [0.29, 0.717) is 11.4 Å². The fraction of sp³-hybridized carbons (Fsp3) is 0.400. The molecule has 1 fully saturated rings. The van der Waals surface area contributed by atoms with Gasteiger partial charge in [-0.15, -0.1) is 0 Å². The molecule has 2 heterocycles. The SMILES string of the molecule is CN(C)C(=O)c1c(N)ccc(-c2cnc3c(c2Cl)C2(CN3)CC(O)(C(F)(F)F)C2)c1F. The Morgan fingerprint density at radius 1 is 1.29 bits per heavy atom. The van der Waals surface area contributed by atoms with E-state index in [2.05, 4.69) is 10.3 Å². The summed E-state index contributed by atoms with van der Waals surface area (Å²) in [4.78, 5) is 17.8. The van der Waals surface area contributed by atoms with Gasteiger partial charge in [0.15, 0.2) is 5.60 Å². The van der Waals surface area contributed by atoms with E-state index in [9.17, 15) is 23.1 Å². The summed E-state index contributed by atoms with van der Waals surface area (Å²) in [7, 11) is 2.90. The summed E-state index contributed by atoms with van der Waals surface area (Å²) in [5.74, 6) is -1.25. The minimum Gasteiger partial charge on any atom is -0.398 e. The second kappa shape index (κ2) is 6.70. The van der Waals surface area contributed by atoms with E-state index in [-0.39, 0.29) is 33.9 Å². The number of nitrogens with zero attached hydrogens (tertiary/aromatic N) is 2. The minimum atomic E-state index is -4.77. The van der Waals surface area contributed by atoms with Crippen molar-refractivity contribution < 1.29 is 27.5 Å². The van der Waals surface area contributed by atoms with E-state index in [1.165, 1.54) is 37.3 Å². The van der Waals surface area contributed by atoms with Gasteiger partial charge < -0.3 is 21.1 Å². The maximum absolute atomic E-state index is 15.3. The van der Waals surface area contributed by atoms with E-state index in [4.69, 9.17) is 17.3 Å². The predicted octanol–water partition coefficient (Wildman–Crippen LogP) is 3.58. The summed E-state index contributed by atoms with van der Waals surface area (Å²) >= 11 is 6.56. The average molecular weight is 459 g/mol. The molecule has 0 atom stereocenters. The molecule has 11 heteroatoms. The number of alkyl halides is 3. The number of anilines is 2. The molecule has 0 radical (unpaired) electrons. The molecule has 166 valence electrons. The van der Waals surface area contributed by atoms with Gasteiger partial charge in [-0.3, -0.25) is 4.79 Å². The van der Waals surface area contributed by atoms with E-state index >= 15 is 4.39 Å². The quantitative estimate of drug-likeness (QED) is 0.472. The number of carbonyl (C=O) groups is 1. The van der Waals surface area contributed by atoms with Crippen molar-refractivity contribution in [2.24, 2.45) is 0 Å². The first-order valence-corrected chi connectivity index (χ1v) is 9.71.